The van der Waals surface area contributed by atoms with Crippen LogP contribution in [0.1, 0.15) is 5.56 Å². The Morgan fingerprint density at radius 2 is 1.53 bits per heavy atom. The molecule has 0 atom stereocenters. The first-order valence-electron chi connectivity index (χ1n) is 6.25. The topological polar surface area (TPSA) is 15.8 Å². The first-order valence-corrected chi connectivity index (χ1v) is 7.33. The van der Waals surface area contributed by atoms with Crippen LogP contribution in [0.2, 0.25) is 0 Å². The summed E-state index contributed by atoms with van der Waals surface area (Å²) in [7, 11) is 0. The number of H-pyrrole nitrogens is 1. The summed E-state index contributed by atoms with van der Waals surface area (Å²) in [6.07, 6.45) is 0. The molecule has 2 heteroatoms. The Bertz CT molecular complexity index is 681. The average Bonchev–Trinajstić information content (AvgIpc) is 2.83. The van der Waals surface area contributed by atoms with Crippen LogP contribution < -0.4 is 0 Å². The van der Waals surface area contributed by atoms with Gasteiger partial charge in [0.2, 0.25) is 0 Å². The lowest BCUT2D eigenvalue weighted by Gasteiger charge is -1.99. The molecular weight excluding hydrogens is 345 g/mol. The highest BCUT2D eigenvalue weighted by Crippen LogP contribution is 2.30. The van der Waals surface area contributed by atoms with Gasteiger partial charge in [-0.3, -0.25) is 0 Å². The molecule has 1 heterocycles. The first kappa shape index (κ1) is 12.5. The second-order valence-electron chi connectivity index (χ2n) is 4.64. The van der Waals surface area contributed by atoms with Crippen LogP contribution in [0.25, 0.3) is 22.4 Å². The fraction of sp³-hybridized carbons (Fsp3) is 0.0588. The molecule has 1 aromatic heterocycles. The first-order chi connectivity index (χ1) is 9.24. The van der Waals surface area contributed by atoms with Gasteiger partial charge < -0.3 is 4.98 Å². The molecule has 3 rings (SSSR count). The molecule has 1 nitrogen and oxygen atoms in total. The number of hydrogen-bond acceptors (Lipinski definition) is 0. The zero-order valence-corrected chi connectivity index (χ0v) is 12.8. The lowest BCUT2D eigenvalue weighted by atomic mass is 10.1. The van der Waals surface area contributed by atoms with E-state index in [-0.39, 0.29) is 0 Å². The Hall–Kier alpha value is -1.55. The SMILES string of the molecule is Cc1ccc(-c2cc(-c3ccccc3)[nH]c2I)cc1. The summed E-state index contributed by atoms with van der Waals surface area (Å²) >= 11 is 2.36. The lowest BCUT2D eigenvalue weighted by Crippen LogP contribution is -1.78. The van der Waals surface area contributed by atoms with Gasteiger partial charge in [0.1, 0.15) is 0 Å². The van der Waals surface area contributed by atoms with Crippen molar-refractivity contribution in [1.82, 2.24) is 4.98 Å². The Morgan fingerprint density at radius 3 is 2.21 bits per heavy atom. The summed E-state index contributed by atoms with van der Waals surface area (Å²) in [5.74, 6) is 0. The number of aromatic nitrogens is 1. The van der Waals surface area contributed by atoms with E-state index in [0.29, 0.717) is 0 Å². The minimum absolute atomic E-state index is 1.17. The van der Waals surface area contributed by atoms with Gasteiger partial charge in [-0.15, -0.1) is 0 Å². The maximum atomic E-state index is 3.46. The van der Waals surface area contributed by atoms with Crippen LogP contribution in [0.15, 0.2) is 60.7 Å². The summed E-state index contributed by atoms with van der Waals surface area (Å²) in [6.45, 7) is 2.11. The molecule has 0 aliphatic carbocycles. The minimum Gasteiger partial charge on any atom is -0.349 e. The molecule has 1 N–H and O–H groups in total. The summed E-state index contributed by atoms with van der Waals surface area (Å²) < 4.78 is 1.18. The minimum atomic E-state index is 1.17. The predicted octanol–water partition coefficient (Wildman–Crippen LogP) is 5.26. The second kappa shape index (κ2) is 5.21. The predicted molar refractivity (Wildman–Crippen MR) is 89.1 cm³/mol. The van der Waals surface area contributed by atoms with Gasteiger partial charge in [0.25, 0.3) is 0 Å². The summed E-state index contributed by atoms with van der Waals surface area (Å²) in [4.78, 5) is 3.46. The normalized spacial score (nSPS) is 10.6. The van der Waals surface area contributed by atoms with Crippen LogP contribution in [-0.2, 0) is 0 Å². The lowest BCUT2D eigenvalue weighted by molar-refractivity contribution is 1.35. The molecule has 0 aliphatic heterocycles. The maximum Gasteiger partial charge on any atom is 0.0856 e. The molecule has 94 valence electrons. The van der Waals surface area contributed by atoms with E-state index in [2.05, 4.69) is 89.1 Å². The summed E-state index contributed by atoms with van der Waals surface area (Å²) in [5.41, 5.74) is 6.20. The van der Waals surface area contributed by atoms with Crippen molar-refractivity contribution in [1.29, 1.82) is 0 Å². The fourth-order valence-corrected chi connectivity index (χ4v) is 2.90. The zero-order valence-electron chi connectivity index (χ0n) is 10.7. The van der Waals surface area contributed by atoms with Crippen molar-refractivity contribution in [2.24, 2.45) is 0 Å². The van der Waals surface area contributed by atoms with Crippen LogP contribution in [0.4, 0.5) is 0 Å². The Balaban J connectivity index is 2.05. The molecule has 0 fully saturated rings. The molecule has 2 aromatic carbocycles. The molecular formula is C17H14IN. The van der Waals surface area contributed by atoms with Crippen molar-refractivity contribution in [3.05, 3.63) is 69.9 Å². The van der Waals surface area contributed by atoms with E-state index in [1.165, 1.54) is 31.6 Å². The number of benzene rings is 2. The van der Waals surface area contributed by atoms with E-state index in [4.69, 9.17) is 0 Å². The van der Waals surface area contributed by atoms with Gasteiger partial charge in [0, 0.05) is 11.3 Å². The summed E-state index contributed by atoms with van der Waals surface area (Å²) in [6, 6.07) is 21.3. The van der Waals surface area contributed by atoms with Gasteiger partial charge >= 0.3 is 0 Å². The third-order valence-corrected chi connectivity index (χ3v) is 4.07. The highest BCUT2D eigenvalue weighted by atomic mass is 127. The Labute approximate surface area is 126 Å². The fourth-order valence-electron chi connectivity index (χ4n) is 2.15. The van der Waals surface area contributed by atoms with Gasteiger partial charge in [-0.2, -0.15) is 0 Å². The number of hydrogen-bond donors (Lipinski definition) is 1. The Morgan fingerprint density at radius 1 is 0.842 bits per heavy atom. The van der Waals surface area contributed by atoms with E-state index in [1.807, 2.05) is 6.07 Å². The smallest absolute Gasteiger partial charge is 0.0856 e. The highest BCUT2D eigenvalue weighted by Gasteiger charge is 2.08. The van der Waals surface area contributed by atoms with Crippen molar-refractivity contribution in [2.75, 3.05) is 0 Å². The maximum absolute atomic E-state index is 3.46. The van der Waals surface area contributed by atoms with Gasteiger partial charge in [-0.05, 0) is 46.7 Å². The molecule has 0 amide bonds. The molecule has 0 radical (unpaired) electrons. The molecule has 0 bridgehead atoms. The molecule has 0 unspecified atom stereocenters. The largest absolute Gasteiger partial charge is 0.349 e. The van der Waals surface area contributed by atoms with Crippen molar-refractivity contribution in [2.45, 2.75) is 6.92 Å². The van der Waals surface area contributed by atoms with Crippen LogP contribution in [0.5, 0.6) is 0 Å². The van der Waals surface area contributed by atoms with Crippen LogP contribution in [0, 0.1) is 10.6 Å². The number of rotatable bonds is 2. The second-order valence-corrected chi connectivity index (χ2v) is 5.72. The molecule has 0 aliphatic rings. The van der Waals surface area contributed by atoms with E-state index in [9.17, 15) is 0 Å². The van der Waals surface area contributed by atoms with Crippen molar-refractivity contribution >= 4 is 22.6 Å². The van der Waals surface area contributed by atoms with Gasteiger partial charge in [-0.25, -0.2) is 0 Å². The van der Waals surface area contributed by atoms with Crippen molar-refractivity contribution in [3.8, 4) is 22.4 Å². The molecule has 0 saturated carbocycles. The van der Waals surface area contributed by atoms with E-state index < -0.39 is 0 Å². The van der Waals surface area contributed by atoms with E-state index in [0.717, 1.165) is 0 Å². The quantitative estimate of drug-likeness (QED) is 0.601. The standard InChI is InChI=1S/C17H14IN/c1-12-7-9-13(10-8-12)15-11-16(19-17(15)18)14-5-3-2-4-6-14/h2-11,19H,1H3. The highest BCUT2D eigenvalue weighted by molar-refractivity contribution is 14.1. The monoisotopic (exact) mass is 359 g/mol. The van der Waals surface area contributed by atoms with Gasteiger partial charge in [0.05, 0.1) is 3.70 Å². The van der Waals surface area contributed by atoms with Crippen molar-refractivity contribution < 1.29 is 0 Å². The number of nitrogens with one attached hydrogen (secondary N) is 1. The number of halogens is 1. The average molecular weight is 359 g/mol. The van der Waals surface area contributed by atoms with E-state index in [1.54, 1.807) is 0 Å². The molecule has 19 heavy (non-hydrogen) atoms. The molecule has 0 spiro atoms. The van der Waals surface area contributed by atoms with Crippen molar-refractivity contribution in [3.63, 3.8) is 0 Å². The van der Waals surface area contributed by atoms with Gasteiger partial charge in [0.15, 0.2) is 0 Å². The third-order valence-electron chi connectivity index (χ3n) is 3.22. The number of aromatic amines is 1. The van der Waals surface area contributed by atoms with Crippen LogP contribution >= 0.6 is 22.6 Å². The summed E-state index contributed by atoms with van der Waals surface area (Å²) in [5, 5.41) is 0. The van der Waals surface area contributed by atoms with Crippen LogP contribution in [-0.4, -0.2) is 4.98 Å². The Kier molecular flexibility index (Phi) is 3.42. The van der Waals surface area contributed by atoms with Gasteiger partial charge in [-0.1, -0.05) is 60.2 Å². The third kappa shape index (κ3) is 2.59. The zero-order chi connectivity index (χ0) is 13.2. The van der Waals surface area contributed by atoms with E-state index >= 15 is 0 Å². The molecule has 3 aromatic rings. The number of aryl methyl sites for hydroxylation is 1. The van der Waals surface area contributed by atoms with Crippen LogP contribution in [0.3, 0.4) is 0 Å². The molecule has 0 saturated heterocycles.